The molecule has 1 unspecified atom stereocenters. The van der Waals surface area contributed by atoms with Crippen molar-refractivity contribution in [2.75, 3.05) is 19.6 Å². The van der Waals surface area contributed by atoms with Crippen molar-refractivity contribution in [3.05, 3.63) is 16.1 Å². The molecule has 1 aromatic heterocycles. The van der Waals surface area contributed by atoms with E-state index in [0.29, 0.717) is 17.5 Å². The Morgan fingerprint density at radius 1 is 1.60 bits per heavy atom. The third-order valence-corrected chi connectivity index (χ3v) is 4.48. The van der Waals surface area contributed by atoms with Crippen molar-refractivity contribution >= 4 is 17.2 Å². The number of nitrogens with zero attached hydrogens (tertiary/aromatic N) is 1. The van der Waals surface area contributed by atoms with Gasteiger partial charge in [0.1, 0.15) is 5.69 Å². The zero-order valence-corrected chi connectivity index (χ0v) is 13.3. The van der Waals surface area contributed by atoms with Gasteiger partial charge in [-0.3, -0.25) is 4.79 Å². The average Bonchev–Trinajstić information content (AvgIpc) is 2.87. The molecule has 1 atom stereocenters. The standard InChI is InChI=1S/C15H25N3OS/c1-11(2)8-14-18-13(10-20-14)15(19)17-7-5-12-4-3-6-16-9-12/h10-12,16H,3-9H2,1-2H3,(H,17,19). The van der Waals surface area contributed by atoms with Gasteiger partial charge in [0, 0.05) is 18.3 Å². The largest absolute Gasteiger partial charge is 0.351 e. The predicted molar refractivity (Wildman–Crippen MR) is 83.2 cm³/mol. The molecule has 1 amide bonds. The second-order valence-electron chi connectivity index (χ2n) is 5.98. The maximum atomic E-state index is 12.0. The SMILES string of the molecule is CC(C)Cc1nc(C(=O)NCCC2CCCNC2)cs1. The Morgan fingerprint density at radius 2 is 2.45 bits per heavy atom. The summed E-state index contributed by atoms with van der Waals surface area (Å²) in [5, 5.41) is 9.32. The van der Waals surface area contributed by atoms with Crippen LogP contribution in [0.15, 0.2) is 5.38 Å². The first-order chi connectivity index (χ1) is 9.65. The maximum Gasteiger partial charge on any atom is 0.270 e. The summed E-state index contributed by atoms with van der Waals surface area (Å²) < 4.78 is 0. The molecule has 2 rings (SSSR count). The van der Waals surface area contributed by atoms with Crippen molar-refractivity contribution < 1.29 is 4.79 Å². The van der Waals surface area contributed by atoms with E-state index in [9.17, 15) is 4.79 Å². The van der Waals surface area contributed by atoms with E-state index in [1.54, 1.807) is 11.3 Å². The summed E-state index contributed by atoms with van der Waals surface area (Å²) in [5.41, 5.74) is 0.576. The molecule has 112 valence electrons. The Labute approximate surface area is 125 Å². The second kappa shape index (κ2) is 7.74. The monoisotopic (exact) mass is 295 g/mol. The van der Waals surface area contributed by atoms with Gasteiger partial charge in [-0.05, 0) is 44.2 Å². The third-order valence-electron chi connectivity index (χ3n) is 3.60. The molecule has 2 heterocycles. The van der Waals surface area contributed by atoms with Crippen LogP contribution in [0.1, 0.15) is 48.6 Å². The molecular formula is C15H25N3OS. The molecule has 2 N–H and O–H groups in total. The second-order valence-corrected chi connectivity index (χ2v) is 6.92. The van der Waals surface area contributed by atoms with Gasteiger partial charge in [0.05, 0.1) is 5.01 Å². The van der Waals surface area contributed by atoms with Gasteiger partial charge in [-0.1, -0.05) is 13.8 Å². The van der Waals surface area contributed by atoms with Crippen molar-refractivity contribution in [2.24, 2.45) is 11.8 Å². The first-order valence-electron chi connectivity index (χ1n) is 7.58. The van der Waals surface area contributed by atoms with Crippen LogP contribution in [0, 0.1) is 11.8 Å². The molecule has 1 saturated heterocycles. The maximum absolute atomic E-state index is 12.0. The van der Waals surface area contributed by atoms with E-state index in [2.05, 4.69) is 29.5 Å². The minimum absolute atomic E-state index is 0.0278. The number of nitrogens with one attached hydrogen (secondary N) is 2. The molecule has 1 aliphatic rings. The smallest absolute Gasteiger partial charge is 0.270 e. The lowest BCUT2D eigenvalue weighted by atomic mass is 9.96. The Hall–Kier alpha value is -0.940. The van der Waals surface area contributed by atoms with E-state index in [-0.39, 0.29) is 5.91 Å². The third kappa shape index (κ3) is 4.87. The van der Waals surface area contributed by atoms with Crippen LogP contribution in [-0.4, -0.2) is 30.5 Å². The number of carbonyl (C=O) groups excluding carboxylic acids is 1. The predicted octanol–water partition coefficient (Wildman–Crippen LogP) is 2.46. The summed E-state index contributed by atoms with van der Waals surface area (Å²) >= 11 is 1.59. The van der Waals surface area contributed by atoms with Gasteiger partial charge < -0.3 is 10.6 Å². The van der Waals surface area contributed by atoms with Gasteiger partial charge in [0.25, 0.3) is 5.91 Å². The molecular weight excluding hydrogens is 270 g/mol. The molecule has 1 aliphatic heterocycles. The lowest BCUT2D eigenvalue weighted by Gasteiger charge is -2.22. The van der Waals surface area contributed by atoms with E-state index >= 15 is 0 Å². The molecule has 5 heteroatoms. The summed E-state index contributed by atoms with van der Waals surface area (Å²) in [6, 6.07) is 0. The number of thiazole rings is 1. The number of piperidine rings is 1. The van der Waals surface area contributed by atoms with Crippen LogP contribution in [0.3, 0.4) is 0 Å². The highest BCUT2D eigenvalue weighted by Crippen LogP contribution is 2.15. The first kappa shape index (κ1) is 15.4. The first-order valence-corrected chi connectivity index (χ1v) is 8.46. The van der Waals surface area contributed by atoms with Crippen molar-refractivity contribution in [1.82, 2.24) is 15.6 Å². The van der Waals surface area contributed by atoms with E-state index in [1.165, 1.54) is 12.8 Å². The Bertz CT molecular complexity index is 425. The fourth-order valence-corrected chi connectivity index (χ4v) is 3.50. The van der Waals surface area contributed by atoms with Crippen LogP contribution in [-0.2, 0) is 6.42 Å². The highest BCUT2D eigenvalue weighted by Gasteiger charge is 2.14. The zero-order valence-electron chi connectivity index (χ0n) is 12.4. The van der Waals surface area contributed by atoms with E-state index in [1.807, 2.05) is 5.38 Å². The van der Waals surface area contributed by atoms with Gasteiger partial charge in [-0.25, -0.2) is 4.98 Å². The topological polar surface area (TPSA) is 54.0 Å². The van der Waals surface area contributed by atoms with Crippen molar-refractivity contribution in [1.29, 1.82) is 0 Å². The Morgan fingerprint density at radius 3 is 3.15 bits per heavy atom. The summed E-state index contributed by atoms with van der Waals surface area (Å²) in [4.78, 5) is 16.4. The highest BCUT2D eigenvalue weighted by molar-refractivity contribution is 7.09. The number of aromatic nitrogens is 1. The van der Waals surface area contributed by atoms with E-state index in [0.717, 1.165) is 37.5 Å². The summed E-state index contributed by atoms with van der Waals surface area (Å²) in [5.74, 6) is 1.26. The number of amides is 1. The van der Waals surface area contributed by atoms with Gasteiger partial charge >= 0.3 is 0 Å². The molecule has 20 heavy (non-hydrogen) atoms. The van der Waals surface area contributed by atoms with Crippen molar-refractivity contribution in [3.63, 3.8) is 0 Å². The number of rotatable bonds is 6. The number of hydrogen-bond donors (Lipinski definition) is 2. The lowest BCUT2D eigenvalue weighted by Crippen LogP contribution is -2.33. The van der Waals surface area contributed by atoms with Crippen LogP contribution in [0.2, 0.25) is 0 Å². The van der Waals surface area contributed by atoms with Crippen molar-refractivity contribution in [3.8, 4) is 0 Å². The molecule has 0 aliphatic carbocycles. The van der Waals surface area contributed by atoms with Gasteiger partial charge in [-0.2, -0.15) is 0 Å². The molecule has 0 spiro atoms. The molecule has 1 fully saturated rings. The normalized spacial score (nSPS) is 19.2. The van der Waals surface area contributed by atoms with Gasteiger partial charge in [-0.15, -0.1) is 11.3 Å². The average molecular weight is 295 g/mol. The lowest BCUT2D eigenvalue weighted by molar-refractivity contribution is 0.0946. The molecule has 0 saturated carbocycles. The molecule has 0 radical (unpaired) electrons. The van der Waals surface area contributed by atoms with Crippen LogP contribution < -0.4 is 10.6 Å². The van der Waals surface area contributed by atoms with Crippen LogP contribution in [0.5, 0.6) is 0 Å². The molecule has 0 aromatic carbocycles. The van der Waals surface area contributed by atoms with Gasteiger partial charge in [0.15, 0.2) is 0 Å². The minimum Gasteiger partial charge on any atom is -0.351 e. The summed E-state index contributed by atoms with van der Waals surface area (Å²) in [7, 11) is 0. The fourth-order valence-electron chi connectivity index (χ4n) is 2.51. The molecule has 1 aromatic rings. The van der Waals surface area contributed by atoms with Crippen molar-refractivity contribution in [2.45, 2.75) is 39.5 Å². The van der Waals surface area contributed by atoms with Crippen LogP contribution >= 0.6 is 11.3 Å². The summed E-state index contributed by atoms with van der Waals surface area (Å²) in [6.07, 6.45) is 4.54. The fraction of sp³-hybridized carbons (Fsp3) is 0.733. The Kier molecular flexibility index (Phi) is 5.98. The zero-order chi connectivity index (χ0) is 14.4. The number of hydrogen-bond acceptors (Lipinski definition) is 4. The molecule has 0 bridgehead atoms. The quantitative estimate of drug-likeness (QED) is 0.847. The summed E-state index contributed by atoms with van der Waals surface area (Å²) in [6.45, 7) is 7.31. The van der Waals surface area contributed by atoms with E-state index < -0.39 is 0 Å². The number of carbonyl (C=O) groups is 1. The van der Waals surface area contributed by atoms with E-state index in [4.69, 9.17) is 0 Å². The van der Waals surface area contributed by atoms with Gasteiger partial charge in [0.2, 0.25) is 0 Å². The minimum atomic E-state index is -0.0278. The Balaban J connectivity index is 1.72. The van der Waals surface area contributed by atoms with Crippen LogP contribution in [0.4, 0.5) is 0 Å². The molecule has 4 nitrogen and oxygen atoms in total. The van der Waals surface area contributed by atoms with Crippen LogP contribution in [0.25, 0.3) is 0 Å². The highest BCUT2D eigenvalue weighted by atomic mass is 32.1.